The van der Waals surface area contributed by atoms with Crippen LogP contribution in [0.5, 0.6) is 0 Å². The van der Waals surface area contributed by atoms with E-state index in [1.807, 2.05) is 6.07 Å². The van der Waals surface area contributed by atoms with Crippen LogP contribution in [0.2, 0.25) is 5.02 Å². The molecular weight excluding hydrogens is 303 g/mol. The monoisotopic (exact) mass is 317 g/mol. The molecule has 1 fully saturated rings. The van der Waals surface area contributed by atoms with Gasteiger partial charge in [0.2, 0.25) is 0 Å². The number of anilines is 1. The van der Waals surface area contributed by atoms with Gasteiger partial charge in [-0.1, -0.05) is 11.6 Å². The van der Waals surface area contributed by atoms with Gasteiger partial charge in [0.1, 0.15) is 6.07 Å². The normalized spacial score (nSPS) is 19.5. The maximum Gasteiger partial charge on any atom is 0.401 e. The highest BCUT2D eigenvalue weighted by atomic mass is 35.5. The lowest BCUT2D eigenvalue weighted by Crippen LogP contribution is -2.33. The second-order valence-electron chi connectivity index (χ2n) is 5.19. The lowest BCUT2D eigenvalue weighted by Gasteiger charge is -2.18. The number of hydrogen-bond acceptors (Lipinski definition) is 3. The molecule has 1 unspecified atom stereocenters. The van der Waals surface area contributed by atoms with Crippen molar-refractivity contribution in [3.05, 3.63) is 28.8 Å². The number of hydrogen-bond donors (Lipinski definition) is 1. The number of nitrogens with one attached hydrogen (secondary N) is 1. The van der Waals surface area contributed by atoms with Gasteiger partial charge in [0.25, 0.3) is 0 Å². The minimum absolute atomic E-state index is 0.148. The summed E-state index contributed by atoms with van der Waals surface area (Å²) in [7, 11) is 0. The first-order valence-electron chi connectivity index (χ1n) is 6.60. The number of nitrogens with zero attached hydrogens (tertiary/aromatic N) is 2. The molecule has 0 aliphatic carbocycles. The Morgan fingerprint density at radius 3 is 2.86 bits per heavy atom. The number of halogens is 4. The second-order valence-corrected chi connectivity index (χ2v) is 5.62. The van der Waals surface area contributed by atoms with Crippen molar-refractivity contribution < 1.29 is 13.2 Å². The number of alkyl halides is 3. The van der Waals surface area contributed by atoms with Crippen LogP contribution in [0.1, 0.15) is 12.0 Å². The smallest absolute Gasteiger partial charge is 0.384 e. The fraction of sp³-hybridized carbons (Fsp3) is 0.500. The molecule has 1 aliphatic heterocycles. The third-order valence-corrected chi connectivity index (χ3v) is 3.69. The van der Waals surface area contributed by atoms with Gasteiger partial charge < -0.3 is 5.32 Å². The summed E-state index contributed by atoms with van der Waals surface area (Å²) in [5.41, 5.74) is 1.10. The van der Waals surface area contributed by atoms with Crippen LogP contribution in [0, 0.1) is 17.2 Å². The molecule has 0 amide bonds. The molecule has 1 aliphatic rings. The van der Waals surface area contributed by atoms with E-state index in [9.17, 15) is 13.2 Å². The molecule has 0 bridgehead atoms. The Hall–Kier alpha value is -1.45. The first kappa shape index (κ1) is 15.9. The molecule has 1 aromatic rings. The predicted octanol–water partition coefficient (Wildman–Crippen LogP) is 3.51. The van der Waals surface area contributed by atoms with Gasteiger partial charge >= 0.3 is 6.18 Å². The minimum Gasteiger partial charge on any atom is -0.384 e. The predicted molar refractivity (Wildman–Crippen MR) is 75.3 cm³/mol. The van der Waals surface area contributed by atoms with Crippen LogP contribution in [0.15, 0.2) is 18.2 Å². The Balaban J connectivity index is 1.86. The van der Waals surface area contributed by atoms with E-state index < -0.39 is 12.7 Å². The molecule has 2 rings (SSSR count). The maximum absolute atomic E-state index is 12.3. The zero-order valence-electron chi connectivity index (χ0n) is 11.3. The fourth-order valence-electron chi connectivity index (χ4n) is 2.49. The number of nitriles is 1. The van der Waals surface area contributed by atoms with Crippen molar-refractivity contribution in [1.29, 1.82) is 5.26 Å². The molecule has 7 heteroatoms. The van der Waals surface area contributed by atoms with E-state index in [0.29, 0.717) is 35.9 Å². The van der Waals surface area contributed by atoms with E-state index >= 15 is 0 Å². The standard InChI is InChI=1S/C14H15ClF3N3/c15-12-1-2-13(11(5-12)6-19)20-7-10-3-4-21(8-10)9-14(16,17)18/h1-2,5,10,20H,3-4,7-9H2. The molecule has 114 valence electrons. The molecule has 3 nitrogen and oxygen atoms in total. The quantitative estimate of drug-likeness (QED) is 0.923. The van der Waals surface area contributed by atoms with Gasteiger partial charge in [-0.15, -0.1) is 0 Å². The van der Waals surface area contributed by atoms with E-state index in [4.69, 9.17) is 16.9 Å². The Morgan fingerprint density at radius 2 is 2.19 bits per heavy atom. The van der Waals surface area contributed by atoms with Gasteiger partial charge in [0, 0.05) is 18.1 Å². The van der Waals surface area contributed by atoms with E-state index in [0.717, 1.165) is 6.42 Å². The maximum atomic E-state index is 12.3. The van der Waals surface area contributed by atoms with Crippen LogP contribution in [0.4, 0.5) is 18.9 Å². The van der Waals surface area contributed by atoms with E-state index in [-0.39, 0.29) is 5.92 Å². The van der Waals surface area contributed by atoms with Crippen LogP contribution in [0.3, 0.4) is 0 Å². The van der Waals surface area contributed by atoms with E-state index in [1.54, 1.807) is 18.2 Å². The minimum atomic E-state index is -4.15. The Labute approximate surface area is 126 Å². The van der Waals surface area contributed by atoms with Gasteiger partial charge in [0.05, 0.1) is 17.8 Å². The fourth-order valence-corrected chi connectivity index (χ4v) is 2.67. The van der Waals surface area contributed by atoms with Crippen molar-refractivity contribution in [3.8, 4) is 6.07 Å². The molecule has 0 saturated carbocycles. The van der Waals surface area contributed by atoms with Gasteiger partial charge in [-0.25, -0.2) is 0 Å². The summed E-state index contributed by atoms with van der Waals surface area (Å²) in [6.07, 6.45) is -3.43. The third-order valence-electron chi connectivity index (χ3n) is 3.46. The molecule has 1 heterocycles. The molecule has 1 atom stereocenters. The average molecular weight is 318 g/mol. The highest BCUT2D eigenvalue weighted by Crippen LogP contribution is 2.24. The lowest BCUT2D eigenvalue weighted by atomic mass is 10.1. The average Bonchev–Trinajstić information content (AvgIpc) is 2.82. The summed E-state index contributed by atoms with van der Waals surface area (Å²) >= 11 is 5.81. The van der Waals surface area contributed by atoms with Crippen LogP contribution < -0.4 is 5.32 Å². The first-order valence-corrected chi connectivity index (χ1v) is 6.98. The molecule has 1 saturated heterocycles. The molecule has 0 radical (unpaired) electrons. The second kappa shape index (κ2) is 6.54. The molecular formula is C14H15ClF3N3. The summed E-state index contributed by atoms with van der Waals surface area (Å²) < 4.78 is 36.9. The van der Waals surface area contributed by atoms with Crippen molar-refractivity contribution >= 4 is 17.3 Å². The molecule has 1 aromatic carbocycles. The van der Waals surface area contributed by atoms with Crippen LogP contribution in [0.25, 0.3) is 0 Å². The van der Waals surface area contributed by atoms with Crippen molar-refractivity contribution in [3.63, 3.8) is 0 Å². The molecule has 21 heavy (non-hydrogen) atoms. The topological polar surface area (TPSA) is 39.1 Å². The van der Waals surface area contributed by atoms with Gasteiger partial charge in [0.15, 0.2) is 0 Å². The van der Waals surface area contributed by atoms with Gasteiger partial charge in [-0.05, 0) is 37.1 Å². The highest BCUT2D eigenvalue weighted by molar-refractivity contribution is 6.30. The van der Waals surface area contributed by atoms with Crippen LogP contribution >= 0.6 is 11.6 Å². The molecule has 1 N–H and O–H groups in total. The third kappa shape index (κ3) is 4.80. The van der Waals surface area contributed by atoms with Crippen molar-refractivity contribution in [2.75, 3.05) is 31.5 Å². The number of benzene rings is 1. The van der Waals surface area contributed by atoms with Gasteiger partial charge in [-0.3, -0.25) is 4.90 Å². The summed E-state index contributed by atoms with van der Waals surface area (Å²) in [5.74, 6) is 0.148. The summed E-state index contributed by atoms with van der Waals surface area (Å²) in [5, 5.41) is 12.6. The zero-order chi connectivity index (χ0) is 15.5. The highest BCUT2D eigenvalue weighted by Gasteiger charge is 2.34. The number of rotatable bonds is 4. The zero-order valence-corrected chi connectivity index (χ0v) is 12.0. The Bertz CT molecular complexity index is 539. The molecule has 0 aromatic heterocycles. The van der Waals surface area contributed by atoms with Crippen molar-refractivity contribution in [1.82, 2.24) is 4.90 Å². The lowest BCUT2D eigenvalue weighted by molar-refractivity contribution is -0.143. The molecule has 0 spiro atoms. The van der Waals surface area contributed by atoms with Gasteiger partial charge in [-0.2, -0.15) is 18.4 Å². The van der Waals surface area contributed by atoms with Crippen molar-refractivity contribution in [2.24, 2.45) is 5.92 Å². The van der Waals surface area contributed by atoms with E-state index in [1.165, 1.54) is 4.90 Å². The van der Waals surface area contributed by atoms with Crippen molar-refractivity contribution in [2.45, 2.75) is 12.6 Å². The number of likely N-dealkylation sites (tertiary alicyclic amines) is 1. The summed E-state index contributed by atoms with van der Waals surface area (Å²) in [6.45, 7) is 0.568. The Morgan fingerprint density at radius 1 is 1.43 bits per heavy atom. The van der Waals surface area contributed by atoms with Crippen LogP contribution in [-0.4, -0.2) is 37.3 Å². The Kier molecular flexibility index (Phi) is 4.96. The summed E-state index contributed by atoms with van der Waals surface area (Å²) in [4.78, 5) is 1.42. The van der Waals surface area contributed by atoms with Crippen LogP contribution in [-0.2, 0) is 0 Å². The summed E-state index contributed by atoms with van der Waals surface area (Å²) in [6, 6.07) is 7.00. The van der Waals surface area contributed by atoms with E-state index in [2.05, 4.69) is 5.32 Å². The largest absolute Gasteiger partial charge is 0.401 e. The SMILES string of the molecule is N#Cc1cc(Cl)ccc1NCC1CCN(CC(F)(F)F)C1. The first-order chi connectivity index (χ1) is 9.87.